The number of carbonyl (C=O) groups is 1. The molecule has 6 heteroatoms. The number of hydrogen-bond acceptors (Lipinski definition) is 5. The van der Waals surface area contributed by atoms with Gasteiger partial charge in [-0.3, -0.25) is 4.79 Å². The first-order valence-electron chi connectivity index (χ1n) is 9.19. The predicted octanol–water partition coefficient (Wildman–Crippen LogP) is 4.04. The fourth-order valence-electron chi connectivity index (χ4n) is 3.48. The maximum Gasteiger partial charge on any atom is 0.226 e. The van der Waals surface area contributed by atoms with Gasteiger partial charge in [0.05, 0.1) is 0 Å². The van der Waals surface area contributed by atoms with Gasteiger partial charge in [0.1, 0.15) is 24.7 Å². The number of carbonyl (C=O) groups excluding carboxylic acids is 1. The first-order valence-corrected chi connectivity index (χ1v) is 9.19. The number of Topliss-reactive ketones (excluding diaryl/α,β-unsaturated/α-hetero) is 1. The summed E-state index contributed by atoms with van der Waals surface area (Å²) in [5.74, 6) is 1.37. The number of nitrogens with zero attached hydrogens (tertiary/aromatic N) is 3. The molecule has 1 aliphatic rings. The van der Waals surface area contributed by atoms with Crippen molar-refractivity contribution in [2.75, 3.05) is 5.32 Å². The lowest BCUT2D eigenvalue weighted by atomic mass is 9.93. The van der Waals surface area contributed by atoms with E-state index in [1.165, 1.54) is 11.9 Å². The number of fused-ring (bicyclic) bond motifs is 1. The van der Waals surface area contributed by atoms with E-state index in [4.69, 9.17) is 4.74 Å². The molecule has 2 aromatic carbocycles. The summed E-state index contributed by atoms with van der Waals surface area (Å²) in [7, 11) is 0. The normalized spacial score (nSPS) is 15.8. The Morgan fingerprint density at radius 3 is 2.71 bits per heavy atom. The molecule has 28 heavy (non-hydrogen) atoms. The fourth-order valence-corrected chi connectivity index (χ4v) is 3.48. The third-order valence-electron chi connectivity index (χ3n) is 4.87. The zero-order valence-electron chi connectivity index (χ0n) is 16.1. The predicted molar refractivity (Wildman–Crippen MR) is 107 cm³/mol. The molecule has 0 bridgehead atoms. The maximum absolute atomic E-state index is 12.4. The van der Waals surface area contributed by atoms with E-state index in [0.29, 0.717) is 18.1 Å². The molecule has 0 saturated heterocycles. The fraction of sp³-hybridized carbons (Fsp3) is 0.227. The Balaban J connectivity index is 1.64. The Bertz CT molecular complexity index is 1050. The minimum atomic E-state index is -0.334. The SMILES string of the molecule is CC(=O)C1=C(C)Nc2ncnn2C1c1cccc(OCc2ccc(C)cc2)c1. The van der Waals surface area contributed by atoms with E-state index in [0.717, 1.165) is 22.6 Å². The van der Waals surface area contributed by atoms with E-state index < -0.39 is 0 Å². The molecule has 3 aromatic rings. The van der Waals surface area contributed by atoms with E-state index in [2.05, 4.69) is 46.6 Å². The molecule has 0 aliphatic carbocycles. The molecule has 0 saturated carbocycles. The van der Waals surface area contributed by atoms with Gasteiger partial charge in [0.25, 0.3) is 0 Å². The lowest BCUT2D eigenvalue weighted by Crippen LogP contribution is -2.27. The number of aromatic nitrogens is 3. The quantitative estimate of drug-likeness (QED) is 0.730. The molecule has 4 rings (SSSR count). The summed E-state index contributed by atoms with van der Waals surface area (Å²) in [6.45, 7) is 6.01. The van der Waals surface area contributed by atoms with Crippen molar-refractivity contribution in [1.29, 1.82) is 0 Å². The average molecular weight is 374 g/mol. The van der Waals surface area contributed by atoms with Crippen molar-refractivity contribution < 1.29 is 9.53 Å². The van der Waals surface area contributed by atoms with Crippen LogP contribution in [-0.2, 0) is 11.4 Å². The zero-order chi connectivity index (χ0) is 19.7. The van der Waals surface area contributed by atoms with Gasteiger partial charge in [-0.05, 0) is 44.0 Å². The van der Waals surface area contributed by atoms with Crippen LogP contribution in [0.1, 0.15) is 36.6 Å². The lowest BCUT2D eigenvalue weighted by molar-refractivity contribution is -0.114. The minimum absolute atomic E-state index is 0.00197. The van der Waals surface area contributed by atoms with Crippen LogP contribution in [0.3, 0.4) is 0 Å². The molecule has 1 unspecified atom stereocenters. The number of nitrogens with one attached hydrogen (secondary N) is 1. The summed E-state index contributed by atoms with van der Waals surface area (Å²) in [6.07, 6.45) is 1.49. The second kappa shape index (κ2) is 7.31. The Hall–Kier alpha value is -3.41. The van der Waals surface area contributed by atoms with Gasteiger partial charge in [-0.15, -0.1) is 0 Å². The highest BCUT2D eigenvalue weighted by Gasteiger charge is 2.31. The highest BCUT2D eigenvalue weighted by molar-refractivity contribution is 5.96. The van der Waals surface area contributed by atoms with Crippen molar-refractivity contribution in [2.24, 2.45) is 0 Å². The largest absolute Gasteiger partial charge is 0.489 e. The van der Waals surface area contributed by atoms with Crippen LogP contribution in [-0.4, -0.2) is 20.5 Å². The molecular weight excluding hydrogens is 352 g/mol. The third-order valence-corrected chi connectivity index (χ3v) is 4.87. The Labute approximate surface area is 163 Å². The maximum atomic E-state index is 12.4. The van der Waals surface area contributed by atoms with Crippen LogP contribution < -0.4 is 10.1 Å². The second-order valence-corrected chi connectivity index (χ2v) is 7.00. The molecule has 6 nitrogen and oxygen atoms in total. The van der Waals surface area contributed by atoms with Crippen molar-refractivity contribution in [3.8, 4) is 5.75 Å². The van der Waals surface area contributed by atoms with Gasteiger partial charge in [0.15, 0.2) is 5.78 Å². The molecule has 0 radical (unpaired) electrons. The standard InChI is InChI=1S/C22H22N4O2/c1-14-7-9-17(10-8-14)12-28-19-6-4-5-18(11-19)21-20(16(3)27)15(2)25-22-23-13-24-26(21)22/h4-11,13,21H,12H2,1-3H3,(H,23,24,25). The van der Waals surface area contributed by atoms with Crippen LogP contribution in [0.2, 0.25) is 0 Å². The van der Waals surface area contributed by atoms with E-state index in [9.17, 15) is 4.79 Å². The molecule has 1 N–H and O–H groups in total. The van der Waals surface area contributed by atoms with Crippen LogP contribution >= 0.6 is 0 Å². The number of benzene rings is 2. The van der Waals surface area contributed by atoms with Crippen molar-refractivity contribution in [3.63, 3.8) is 0 Å². The summed E-state index contributed by atoms with van der Waals surface area (Å²) in [4.78, 5) is 16.6. The van der Waals surface area contributed by atoms with Crippen LogP contribution in [0, 0.1) is 6.92 Å². The topological polar surface area (TPSA) is 69.0 Å². The molecule has 1 aromatic heterocycles. The van der Waals surface area contributed by atoms with Crippen LogP contribution in [0.15, 0.2) is 66.1 Å². The number of anilines is 1. The van der Waals surface area contributed by atoms with Crippen LogP contribution in [0.5, 0.6) is 5.75 Å². The summed E-state index contributed by atoms with van der Waals surface area (Å²) in [5.41, 5.74) is 4.73. The van der Waals surface area contributed by atoms with Gasteiger partial charge in [0, 0.05) is 11.3 Å². The van der Waals surface area contributed by atoms with E-state index in [1.54, 1.807) is 11.6 Å². The van der Waals surface area contributed by atoms with E-state index in [-0.39, 0.29) is 11.8 Å². The molecule has 1 atom stereocenters. The summed E-state index contributed by atoms with van der Waals surface area (Å²) < 4.78 is 7.73. The first kappa shape index (κ1) is 18.0. The van der Waals surface area contributed by atoms with Gasteiger partial charge < -0.3 is 10.1 Å². The van der Waals surface area contributed by atoms with Crippen molar-refractivity contribution in [1.82, 2.24) is 14.8 Å². The molecule has 142 valence electrons. The number of ketones is 1. The number of ether oxygens (including phenoxy) is 1. The van der Waals surface area contributed by atoms with Gasteiger partial charge in [-0.2, -0.15) is 10.1 Å². The Morgan fingerprint density at radius 1 is 1.18 bits per heavy atom. The zero-order valence-corrected chi connectivity index (χ0v) is 16.1. The molecule has 0 fully saturated rings. The first-order chi connectivity index (χ1) is 13.5. The van der Waals surface area contributed by atoms with E-state index >= 15 is 0 Å². The molecular formula is C22H22N4O2. The summed E-state index contributed by atoms with van der Waals surface area (Å²) in [6, 6.07) is 15.7. The molecule has 0 amide bonds. The van der Waals surface area contributed by atoms with Crippen molar-refractivity contribution in [3.05, 3.63) is 82.8 Å². The average Bonchev–Trinajstić information content (AvgIpc) is 3.14. The number of aryl methyl sites for hydroxylation is 1. The van der Waals surface area contributed by atoms with E-state index in [1.807, 2.05) is 31.2 Å². The van der Waals surface area contributed by atoms with Crippen LogP contribution in [0.25, 0.3) is 0 Å². The van der Waals surface area contributed by atoms with Crippen molar-refractivity contribution in [2.45, 2.75) is 33.4 Å². The third kappa shape index (κ3) is 3.41. The Morgan fingerprint density at radius 2 is 1.96 bits per heavy atom. The lowest BCUT2D eigenvalue weighted by Gasteiger charge is -2.28. The van der Waals surface area contributed by atoms with Crippen LogP contribution in [0.4, 0.5) is 5.95 Å². The highest BCUT2D eigenvalue weighted by atomic mass is 16.5. The monoisotopic (exact) mass is 374 g/mol. The van der Waals surface area contributed by atoms with Gasteiger partial charge in [-0.1, -0.05) is 42.0 Å². The van der Waals surface area contributed by atoms with Gasteiger partial charge >= 0.3 is 0 Å². The number of rotatable bonds is 5. The van der Waals surface area contributed by atoms with Gasteiger partial charge in [-0.25, -0.2) is 4.68 Å². The molecule has 2 heterocycles. The van der Waals surface area contributed by atoms with Crippen molar-refractivity contribution >= 4 is 11.7 Å². The summed E-state index contributed by atoms with van der Waals surface area (Å²) in [5, 5.41) is 7.48. The molecule has 0 spiro atoms. The van der Waals surface area contributed by atoms with Gasteiger partial charge in [0.2, 0.25) is 5.95 Å². The second-order valence-electron chi connectivity index (χ2n) is 7.00. The summed E-state index contributed by atoms with van der Waals surface area (Å²) >= 11 is 0. The number of hydrogen-bond donors (Lipinski definition) is 1. The smallest absolute Gasteiger partial charge is 0.226 e. The minimum Gasteiger partial charge on any atom is -0.489 e. The number of allylic oxidation sites excluding steroid dienone is 2. The highest BCUT2D eigenvalue weighted by Crippen LogP contribution is 2.36. The Kier molecular flexibility index (Phi) is 4.69. The molecule has 1 aliphatic heterocycles.